The van der Waals surface area contributed by atoms with Crippen LogP contribution in [0.15, 0.2) is 16.5 Å². The highest BCUT2D eigenvalue weighted by molar-refractivity contribution is 5.17. The second-order valence-corrected chi connectivity index (χ2v) is 4.09. The SMILES string of the molecule is CCC(C)(C)NCc1ccc([N+](=O)[O-])o1. The van der Waals surface area contributed by atoms with Gasteiger partial charge >= 0.3 is 5.88 Å². The normalized spacial score (nSPS) is 11.7. The van der Waals surface area contributed by atoms with E-state index in [2.05, 4.69) is 26.1 Å². The van der Waals surface area contributed by atoms with Gasteiger partial charge in [0.15, 0.2) is 0 Å². The van der Waals surface area contributed by atoms with Crippen molar-refractivity contribution in [2.24, 2.45) is 0 Å². The molecule has 0 spiro atoms. The summed E-state index contributed by atoms with van der Waals surface area (Å²) in [4.78, 5) is 9.83. The van der Waals surface area contributed by atoms with Crippen LogP contribution in [0, 0.1) is 10.1 Å². The summed E-state index contributed by atoms with van der Waals surface area (Å²) in [6.45, 7) is 6.74. The van der Waals surface area contributed by atoms with Gasteiger partial charge in [-0.25, -0.2) is 0 Å². The summed E-state index contributed by atoms with van der Waals surface area (Å²) in [7, 11) is 0. The molecule has 0 fully saturated rings. The lowest BCUT2D eigenvalue weighted by Crippen LogP contribution is -2.37. The first kappa shape index (κ1) is 11.7. The highest BCUT2D eigenvalue weighted by Crippen LogP contribution is 2.16. The van der Waals surface area contributed by atoms with E-state index >= 15 is 0 Å². The van der Waals surface area contributed by atoms with Crippen LogP contribution in [0.2, 0.25) is 0 Å². The molecule has 0 aliphatic rings. The summed E-state index contributed by atoms with van der Waals surface area (Å²) in [5.74, 6) is 0.379. The Labute approximate surface area is 88.6 Å². The van der Waals surface area contributed by atoms with Gasteiger partial charge in [0.25, 0.3) is 0 Å². The van der Waals surface area contributed by atoms with Crippen molar-refractivity contribution in [2.45, 2.75) is 39.3 Å². The van der Waals surface area contributed by atoms with Crippen molar-refractivity contribution in [3.63, 3.8) is 0 Å². The minimum atomic E-state index is -0.533. The maximum absolute atomic E-state index is 10.4. The van der Waals surface area contributed by atoms with E-state index in [9.17, 15) is 10.1 Å². The van der Waals surface area contributed by atoms with E-state index in [0.29, 0.717) is 12.3 Å². The van der Waals surface area contributed by atoms with Gasteiger partial charge in [-0.05, 0) is 26.3 Å². The second kappa shape index (κ2) is 4.44. The molecule has 1 heterocycles. The van der Waals surface area contributed by atoms with Crippen LogP contribution in [0.25, 0.3) is 0 Å². The van der Waals surface area contributed by atoms with Crippen LogP contribution in [0.3, 0.4) is 0 Å². The van der Waals surface area contributed by atoms with E-state index in [1.54, 1.807) is 6.07 Å². The van der Waals surface area contributed by atoms with Crippen LogP contribution in [0.4, 0.5) is 5.88 Å². The highest BCUT2D eigenvalue weighted by atomic mass is 16.6. The first-order chi connectivity index (χ1) is 6.94. The largest absolute Gasteiger partial charge is 0.433 e. The molecule has 0 amide bonds. The number of hydrogen-bond acceptors (Lipinski definition) is 4. The van der Waals surface area contributed by atoms with E-state index in [0.717, 1.165) is 6.42 Å². The molecule has 1 aromatic rings. The Morgan fingerprint density at radius 3 is 2.67 bits per heavy atom. The Morgan fingerprint density at radius 1 is 1.53 bits per heavy atom. The molecule has 0 saturated carbocycles. The Morgan fingerprint density at radius 2 is 2.20 bits per heavy atom. The summed E-state index contributed by atoms with van der Waals surface area (Å²) in [5, 5.41) is 13.6. The number of nitro groups is 1. The molecular formula is C10H16N2O3. The lowest BCUT2D eigenvalue weighted by atomic mass is 10.0. The first-order valence-corrected chi connectivity index (χ1v) is 4.93. The van der Waals surface area contributed by atoms with Gasteiger partial charge in [-0.2, -0.15) is 0 Å². The van der Waals surface area contributed by atoms with Gasteiger partial charge in [-0.15, -0.1) is 0 Å². The standard InChI is InChI=1S/C10H16N2O3/c1-4-10(2,3)11-7-8-5-6-9(15-8)12(13)14/h5-6,11H,4,7H2,1-3H3. The van der Waals surface area contributed by atoms with Gasteiger partial charge in [0, 0.05) is 5.54 Å². The van der Waals surface area contributed by atoms with Gasteiger partial charge in [-0.3, -0.25) is 10.1 Å². The van der Waals surface area contributed by atoms with E-state index in [-0.39, 0.29) is 11.4 Å². The minimum absolute atomic E-state index is 0.0154. The number of rotatable bonds is 5. The summed E-state index contributed by atoms with van der Waals surface area (Å²) in [5.41, 5.74) is 0.0154. The quantitative estimate of drug-likeness (QED) is 0.601. The molecule has 0 atom stereocenters. The molecule has 0 aliphatic heterocycles. The molecule has 0 radical (unpaired) electrons. The van der Waals surface area contributed by atoms with Crippen molar-refractivity contribution < 1.29 is 9.34 Å². The topological polar surface area (TPSA) is 68.3 Å². The zero-order valence-electron chi connectivity index (χ0n) is 9.24. The fraction of sp³-hybridized carbons (Fsp3) is 0.600. The molecule has 0 aliphatic carbocycles. The van der Waals surface area contributed by atoms with Gasteiger partial charge in [0.2, 0.25) is 0 Å². The molecule has 1 N–H and O–H groups in total. The molecular weight excluding hydrogens is 196 g/mol. The van der Waals surface area contributed by atoms with E-state index in [1.807, 2.05) is 0 Å². The molecule has 0 unspecified atom stereocenters. The Hall–Kier alpha value is -1.36. The van der Waals surface area contributed by atoms with Crippen LogP contribution in [-0.4, -0.2) is 10.5 Å². The number of furan rings is 1. The third-order valence-corrected chi connectivity index (χ3v) is 2.45. The molecule has 5 heteroatoms. The predicted octanol–water partition coefficient (Wildman–Crippen LogP) is 2.47. The Kier molecular flexibility index (Phi) is 3.47. The third-order valence-electron chi connectivity index (χ3n) is 2.45. The van der Waals surface area contributed by atoms with Crippen molar-refractivity contribution in [3.05, 3.63) is 28.0 Å². The summed E-state index contributed by atoms with van der Waals surface area (Å²) < 4.78 is 5.02. The molecule has 0 bridgehead atoms. The lowest BCUT2D eigenvalue weighted by Gasteiger charge is -2.23. The maximum Gasteiger partial charge on any atom is 0.433 e. The molecule has 1 rings (SSSR count). The second-order valence-electron chi connectivity index (χ2n) is 4.09. The molecule has 1 aromatic heterocycles. The molecule has 0 aromatic carbocycles. The Bertz CT molecular complexity index is 344. The van der Waals surface area contributed by atoms with E-state index < -0.39 is 4.92 Å². The average Bonchev–Trinajstić information content (AvgIpc) is 2.63. The fourth-order valence-corrected chi connectivity index (χ4v) is 1.01. The zero-order chi connectivity index (χ0) is 11.5. The predicted molar refractivity (Wildman–Crippen MR) is 56.6 cm³/mol. The summed E-state index contributed by atoms with van der Waals surface area (Å²) in [6, 6.07) is 2.99. The average molecular weight is 212 g/mol. The third kappa shape index (κ3) is 3.36. The number of nitrogens with one attached hydrogen (secondary N) is 1. The summed E-state index contributed by atoms with van der Waals surface area (Å²) in [6.07, 6.45) is 0.982. The summed E-state index contributed by atoms with van der Waals surface area (Å²) >= 11 is 0. The van der Waals surface area contributed by atoms with Crippen molar-refractivity contribution in [3.8, 4) is 0 Å². The van der Waals surface area contributed by atoms with Crippen molar-refractivity contribution in [2.75, 3.05) is 0 Å². The van der Waals surface area contributed by atoms with Gasteiger partial charge in [-0.1, -0.05) is 6.92 Å². The van der Waals surface area contributed by atoms with E-state index in [4.69, 9.17) is 4.42 Å². The van der Waals surface area contributed by atoms with Crippen molar-refractivity contribution in [1.82, 2.24) is 5.32 Å². The smallest absolute Gasteiger partial charge is 0.404 e. The van der Waals surface area contributed by atoms with E-state index in [1.165, 1.54) is 6.07 Å². The fourth-order valence-electron chi connectivity index (χ4n) is 1.01. The van der Waals surface area contributed by atoms with Crippen LogP contribution in [0.5, 0.6) is 0 Å². The molecule has 0 saturated heterocycles. The lowest BCUT2D eigenvalue weighted by molar-refractivity contribution is -0.402. The van der Waals surface area contributed by atoms with Crippen molar-refractivity contribution in [1.29, 1.82) is 0 Å². The monoisotopic (exact) mass is 212 g/mol. The first-order valence-electron chi connectivity index (χ1n) is 4.93. The van der Waals surface area contributed by atoms with Crippen LogP contribution >= 0.6 is 0 Å². The number of nitrogens with zero attached hydrogens (tertiary/aromatic N) is 1. The number of hydrogen-bond donors (Lipinski definition) is 1. The maximum atomic E-state index is 10.4. The van der Waals surface area contributed by atoms with Gasteiger partial charge in [0.05, 0.1) is 12.6 Å². The minimum Gasteiger partial charge on any atom is -0.404 e. The van der Waals surface area contributed by atoms with Gasteiger partial charge in [0.1, 0.15) is 10.7 Å². The van der Waals surface area contributed by atoms with Crippen LogP contribution < -0.4 is 5.32 Å². The Balaban J connectivity index is 2.55. The molecule has 84 valence electrons. The van der Waals surface area contributed by atoms with Gasteiger partial charge < -0.3 is 9.73 Å². The van der Waals surface area contributed by atoms with Crippen molar-refractivity contribution >= 4 is 5.88 Å². The molecule has 5 nitrogen and oxygen atoms in total. The van der Waals surface area contributed by atoms with Crippen LogP contribution in [-0.2, 0) is 6.54 Å². The zero-order valence-corrected chi connectivity index (χ0v) is 9.24. The molecule has 15 heavy (non-hydrogen) atoms. The highest BCUT2D eigenvalue weighted by Gasteiger charge is 2.16. The van der Waals surface area contributed by atoms with Crippen LogP contribution in [0.1, 0.15) is 33.0 Å².